The van der Waals surface area contributed by atoms with Gasteiger partial charge in [-0.05, 0) is 52.0 Å². The fourth-order valence-electron chi connectivity index (χ4n) is 3.14. The molecule has 0 fully saturated rings. The zero-order valence-electron chi connectivity index (χ0n) is 16.6. The lowest BCUT2D eigenvalue weighted by atomic mass is 9.95. The van der Waals surface area contributed by atoms with Gasteiger partial charge in [0.25, 0.3) is 5.91 Å². The molecule has 0 saturated carbocycles. The molecule has 1 aliphatic carbocycles. The SMILES string of the molecule is CCOC(=O)c1c(NC(=O)[C@@H](C)OC(=O)[C@H](C)n2cncn2)sc2c1CCCC2. The Morgan fingerprint density at radius 3 is 2.72 bits per heavy atom. The summed E-state index contributed by atoms with van der Waals surface area (Å²) in [6.45, 7) is 5.09. The third-order valence-corrected chi connectivity index (χ3v) is 5.93. The average molecular weight is 420 g/mol. The number of carbonyl (C=O) groups excluding carboxylic acids is 3. The molecule has 0 aliphatic heterocycles. The lowest BCUT2D eigenvalue weighted by Crippen LogP contribution is -2.32. The summed E-state index contributed by atoms with van der Waals surface area (Å²) in [5.74, 6) is -1.55. The monoisotopic (exact) mass is 420 g/mol. The second-order valence-corrected chi connectivity index (χ2v) is 7.86. The van der Waals surface area contributed by atoms with Crippen molar-refractivity contribution in [1.29, 1.82) is 0 Å². The molecule has 1 aliphatic rings. The fourth-order valence-corrected chi connectivity index (χ4v) is 4.42. The molecule has 9 nitrogen and oxygen atoms in total. The third kappa shape index (κ3) is 4.64. The van der Waals surface area contributed by atoms with E-state index < -0.39 is 30.0 Å². The Bertz CT molecular complexity index is 893. The van der Waals surface area contributed by atoms with Crippen molar-refractivity contribution in [2.75, 3.05) is 11.9 Å². The Morgan fingerprint density at radius 1 is 1.28 bits per heavy atom. The van der Waals surface area contributed by atoms with Gasteiger partial charge in [0.15, 0.2) is 6.10 Å². The predicted octanol–water partition coefficient (Wildman–Crippen LogP) is 2.53. The van der Waals surface area contributed by atoms with Crippen molar-refractivity contribution in [3.05, 3.63) is 28.7 Å². The molecule has 29 heavy (non-hydrogen) atoms. The Kier molecular flexibility index (Phi) is 6.63. The second-order valence-electron chi connectivity index (χ2n) is 6.76. The van der Waals surface area contributed by atoms with E-state index in [1.807, 2.05) is 0 Å². The fraction of sp³-hybridized carbons (Fsp3) is 0.526. The predicted molar refractivity (Wildman–Crippen MR) is 106 cm³/mol. The summed E-state index contributed by atoms with van der Waals surface area (Å²) in [6.07, 6.45) is 5.39. The molecule has 156 valence electrons. The number of esters is 2. The zero-order valence-corrected chi connectivity index (χ0v) is 17.5. The molecule has 0 saturated heterocycles. The van der Waals surface area contributed by atoms with Gasteiger partial charge in [0.05, 0.1) is 12.2 Å². The molecular weight excluding hydrogens is 396 g/mol. The standard InChI is InChI=1S/C19H24N4O5S/c1-4-27-19(26)15-13-7-5-6-8-14(13)29-17(15)22-16(24)12(3)28-18(25)11(2)23-10-20-9-21-23/h9-12H,4-8H2,1-3H3,(H,22,24)/t11-,12+/m0/s1. The molecule has 3 rings (SSSR count). The van der Waals surface area contributed by atoms with Crippen molar-refractivity contribution in [2.24, 2.45) is 0 Å². The summed E-state index contributed by atoms with van der Waals surface area (Å²) in [4.78, 5) is 42.3. The largest absolute Gasteiger partial charge is 0.462 e. The van der Waals surface area contributed by atoms with E-state index in [-0.39, 0.29) is 6.61 Å². The lowest BCUT2D eigenvalue weighted by Gasteiger charge is -2.16. The topological polar surface area (TPSA) is 112 Å². The van der Waals surface area contributed by atoms with Crippen LogP contribution < -0.4 is 5.32 Å². The van der Waals surface area contributed by atoms with Crippen LogP contribution in [0, 0.1) is 0 Å². The molecule has 2 atom stereocenters. The maximum atomic E-state index is 12.6. The first-order valence-electron chi connectivity index (χ1n) is 9.59. The summed E-state index contributed by atoms with van der Waals surface area (Å²) in [7, 11) is 0. The summed E-state index contributed by atoms with van der Waals surface area (Å²) in [5.41, 5.74) is 1.38. The number of aryl methyl sites for hydroxylation is 1. The lowest BCUT2D eigenvalue weighted by molar-refractivity contribution is -0.156. The van der Waals surface area contributed by atoms with Crippen LogP contribution in [0.15, 0.2) is 12.7 Å². The molecular formula is C19H24N4O5S. The van der Waals surface area contributed by atoms with Crippen molar-refractivity contribution in [1.82, 2.24) is 14.8 Å². The number of nitrogens with zero attached hydrogens (tertiary/aromatic N) is 3. The number of hydrogen-bond acceptors (Lipinski definition) is 8. The minimum atomic E-state index is -1.04. The van der Waals surface area contributed by atoms with E-state index in [2.05, 4.69) is 15.4 Å². The van der Waals surface area contributed by atoms with Crippen LogP contribution in [-0.2, 0) is 31.9 Å². The second kappa shape index (κ2) is 9.17. The van der Waals surface area contributed by atoms with Crippen molar-refractivity contribution in [2.45, 2.75) is 58.6 Å². The van der Waals surface area contributed by atoms with Crippen molar-refractivity contribution in [3.8, 4) is 0 Å². The van der Waals surface area contributed by atoms with Crippen molar-refractivity contribution < 1.29 is 23.9 Å². The highest BCUT2D eigenvalue weighted by Gasteiger charge is 2.29. The highest BCUT2D eigenvalue weighted by molar-refractivity contribution is 7.17. The quantitative estimate of drug-likeness (QED) is 0.685. The maximum absolute atomic E-state index is 12.6. The number of anilines is 1. The Morgan fingerprint density at radius 2 is 2.03 bits per heavy atom. The van der Waals surface area contributed by atoms with Gasteiger partial charge in [-0.1, -0.05) is 0 Å². The minimum Gasteiger partial charge on any atom is -0.462 e. The van der Waals surface area contributed by atoms with Gasteiger partial charge in [-0.3, -0.25) is 4.79 Å². The number of hydrogen-bond donors (Lipinski definition) is 1. The van der Waals surface area contributed by atoms with Gasteiger partial charge < -0.3 is 14.8 Å². The van der Waals surface area contributed by atoms with E-state index in [1.54, 1.807) is 13.8 Å². The summed E-state index contributed by atoms with van der Waals surface area (Å²) < 4.78 is 11.8. The molecule has 0 spiro atoms. The zero-order chi connectivity index (χ0) is 21.0. The van der Waals surface area contributed by atoms with Gasteiger partial charge in [-0.15, -0.1) is 11.3 Å². The Labute approximate surface area is 172 Å². The van der Waals surface area contributed by atoms with Gasteiger partial charge >= 0.3 is 11.9 Å². The summed E-state index contributed by atoms with van der Waals surface area (Å²) in [6, 6.07) is -0.711. The average Bonchev–Trinajstić information content (AvgIpc) is 3.35. The van der Waals surface area contributed by atoms with Crippen LogP contribution in [0.4, 0.5) is 5.00 Å². The first kappa shape index (κ1) is 21.0. The molecule has 10 heteroatoms. The first-order chi connectivity index (χ1) is 13.9. The van der Waals surface area contributed by atoms with Crippen molar-refractivity contribution >= 4 is 34.2 Å². The molecule has 2 heterocycles. The third-order valence-electron chi connectivity index (χ3n) is 4.72. The van der Waals surface area contributed by atoms with E-state index in [0.29, 0.717) is 10.6 Å². The Balaban J connectivity index is 1.71. The highest BCUT2D eigenvalue weighted by Crippen LogP contribution is 2.38. The van der Waals surface area contributed by atoms with Gasteiger partial charge in [-0.25, -0.2) is 19.3 Å². The number of amides is 1. The number of fused-ring (bicyclic) bond motifs is 1. The van der Waals surface area contributed by atoms with E-state index in [4.69, 9.17) is 9.47 Å². The van der Waals surface area contributed by atoms with Crippen LogP contribution in [0.5, 0.6) is 0 Å². The molecule has 0 radical (unpaired) electrons. The molecule has 0 aromatic carbocycles. The molecule has 0 unspecified atom stereocenters. The number of aromatic nitrogens is 3. The van der Waals surface area contributed by atoms with Crippen molar-refractivity contribution in [3.63, 3.8) is 0 Å². The smallest absolute Gasteiger partial charge is 0.341 e. The van der Waals surface area contributed by atoms with Crippen LogP contribution >= 0.6 is 11.3 Å². The molecule has 2 aromatic heterocycles. The minimum absolute atomic E-state index is 0.255. The van der Waals surface area contributed by atoms with Gasteiger partial charge in [0, 0.05) is 4.88 Å². The normalized spacial score (nSPS) is 15.1. The maximum Gasteiger partial charge on any atom is 0.341 e. The number of nitrogens with one attached hydrogen (secondary N) is 1. The summed E-state index contributed by atoms with van der Waals surface area (Å²) in [5, 5.41) is 7.10. The van der Waals surface area contributed by atoms with E-state index in [1.165, 1.54) is 35.6 Å². The molecule has 2 aromatic rings. The number of rotatable bonds is 7. The molecule has 1 amide bonds. The summed E-state index contributed by atoms with van der Waals surface area (Å²) >= 11 is 1.39. The van der Waals surface area contributed by atoms with Gasteiger partial charge in [0.2, 0.25) is 0 Å². The molecule has 0 bridgehead atoms. The first-order valence-corrected chi connectivity index (χ1v) is 10.4. The number of thiophene rings is 1. The van der Waals surface area contributed by atoms with Crippen LogP contribution in [0.25, 0.3) is 0 Å². The number of ether oxygens (including phenoxy) is 2. The van der Waals surface area contributed by atoms with Gasteiger partial charge in [0.1, 0.15) is 23.7 Å². The number of carbonyl (C=O) groups is 3. The van der Waals surface area contributed by atoms with Crippen LogP contribution in [0.1, 0.15) is 60.5 Å². The van der Waals surface area contributed by atoms with Crippen LogP contribution in [0.2, 0.25) is 0 Å². The van der Waals surface area contributed by atoms with E-state index >= 15 is 0 Å². The van der Waals surface area contributed by atoms with E-state index in [9.17, 15) is 14.4 Å². The van der Waals surface area contributed by atoms with E-state index in [0.717, 1.165) is 36.1 Å². The van der Waals surface area contributed by atoms with Crippen LogP contribution in [-0.4, -0.2) is 45.3 Å². The highest BCUT2D eigenvalue weighted by atomic mass is 32.1. The Hall–Kier alpha value is -2.75. The molecule has 1 N–H and O–H groups in total. The van der Waals surface area contributed by atoms with Gasteiger partial charge in [-0.2, -0.15) is 5.10 Å². The van der Waals surface area contributed by atoms with Crippen LogP contribution in [0.3, 0.4) is 0 Å².